The van der Waals surface area contributed by atoms with Gasteiger partial charge in [0.25, 0.3) is 5.91 Å². The molecule has 1 amide bonds. The summed E-state index contributed by atoms with van der Waals surface area (Å²) in [5.41, 5.74) is -0.436. The van der Waals surface area contributed by atoms with Crippen LogP contribution in [0.25, 0.3) is 0 Å². The molecule has 3 unspecified atom stereocenters. The van der Waals surface area contributed by atoms with Gasteiger partial charge in [-0.1, -0.05) is 6.92 Å². The zero-order valence-corrected chi connectivity index (χ0v) is 17.0. The Morgan fingerprint density at radius 3 is 2.46 bits per heavy atom. The number of nitrogens with zero attached hydrogens (tertiary/aromatic N) is 2. The molecule has 3 atom stereocenters. The van der Waals surface area contributed by atoms with Crippen LogP contribution >= 0.6 is 0 Å². The zero-order valence-electron chi connectivity index (χ0n) is 16.1. The fourth-order valence-corrected chi connectivity index (χ4v) is 6.27. The van der Waals surface area contributed by atoms with Gasteiger partial charge in [0, 0.05) is 26.2 Å². The van der Waals surface area contributed by atoms with Gasteiger partial charge in [-0.25, -0.2) is 12.8 Å². The van der Waals surface area contributed by atoms with Crippen molar-refractivity contribution >= 4 is 15.9 Å². The Morgan fingerprint density at radius 1 is 1.14 bits per heavy atom. The van der Waals surface area contributed by atoms with Gasteiger partial charge < -0.3 is 9.64 Å². The van der Waals surface area contributed by atoms with E-state index in [0.717, 1.165) is 44.5 Å². The molecule has 0 saturated carbocycles. The second-order valence-electron chi connectivity index (χ2n) is 8.21. The second-order valence-corrected chi connectivity index (χ2v) is 10.1. The molecule has 3 heterocycles. The number of rotatable bonds is 3. The number of carbonyl (C=O) groups excluding carboxylic acids is 1. The summed E-state index contributed by atoms with van der Waals surface area (Å²) < 4.78 is 46.7. The number of benzene rings is 1. The van der Waals surface area contributed by atoms with E-state index in [4.69, 9.17) is 4.74 Å². The SMILES string of the molecule is CC1CN(S(=O)(=O)c2ccc(F)cc2)CCC12CCC(C(=O)N1CCCC1)O2. The zero-order chi connectivity index (χ0) is 19.9. The van der Waals surface area contributed by atoms with Crippen molar-refractivity contribution in [3.05, 3.63) is 30.1 Å². The van der Waals surface area contributed by atoms with Gasteiger partial charge in [0.2, 0.25) is 10.0 Å². The quantitative estimate of drug-likeness (QED) is 0.768. The molecule has 3 aliphatic rings. The highest BCUT2D eigenvalue weighted by molar-refractivity contribution is 7.89. The van der Waals surface area contributed by atoms with Gasteiger partial charge in [0.1, 0.15) is 11.9 Å². The van der Waals surface area contributed by atoms with E-state index in [1.54, 1.807) is 0 Å². The summed E-state index contributed by atoms with van der Waals surface area (Å²) in [5, 5.41) is 0. The molecule has 1 spiro atoms. The lowest BCUT2D eigenvalue weighted by molar-refractivity contribution is -0.154. The number of halogens is 1. The Bertz CT molecular complexity index is 838. The summed E-state index contributed by atoms with van der Waals surface area (Å²) in [6, 6.07) is 4.93. The molecule has 1 aromatic carbocycles. The van der Waals surface area contributed by atoms with Crippen molar-refractivity contribution in [2.24, 2.45) is 5.92 Å². The average Bonchev–Trinajstić information content (AvgIpc) is 3.35. The summed E-state index contributed by atoms with van der Waals surface area (Å²) in [6.07, 6.45) is 3.75. The highest BCUT2D eigenvalue weighted by Gasteiger charge is 2.51. The highest BCUT2D eigenvalue weighted by atomic mass is 32.2. The van der Waals surface area contributed by atoms with Gasteiger partial charge in [-0.15, -0.1) is 0 Å². The Balaban J connectivity index is 1.44. The molecule has 0 radical (unpaired) electrons. The Labute approximate surface area is 165 Å². The number of likely N-dealkylation sites (tertiary alicyclic amines) is 1. The summed E-state index contributed by atoms with van der Waals surface area (Å²) in [6.45, 7) is 4.30. The molecule has 3 aliphatic heterocycles. The van der Waals surface area contributed by atoms with Crippen molar-refractivity contribution in [1.82, 2.24) is 9.21 Å². The van der Waals surface area contributed by atoms with Crippen LogP contribution in [0.5, 0.6) is 0 Å². The molecule has 28 heavy (non-hydrogen) atoms. The molecule has 4 rings (SSSR count). The maximum absolute atomic E-state index is 13.1. The molecule has 3 saturated heterocycles. The van der Waals surface area contributed by atoms with Crippen LogP contribution < -0.4 is 0 Å². The van der Waals surface area contributed by atoms with E-state index in [1.165, 1.54) is 16.4 Å². The van der Waals surface area contributed by atoms with Gasteiger partial charge in [-0.2, -0.15) is 4.31 Å². The lowest BCUT2D eigenvalue weighted by Gasteiger charge is -2.43. The van der Waals surface area contributed by atoms with Gasteiger partial charge in [0.15, 0.2) is 0 Å². The van der Waals surface area contributed by atoms with Gasteiger partial charge >= 0.3 is 0 Å². The van der Waals surface area contributed by atoms with Gasteiger partial charge in [-0.3, -0.25) is 4.79 Å². The van der Waals surface area contributed by atoms with Crippen molar-refractivity contribution in [3.63, 3.8) is 0 Å². The van der Waals surface area contributed by atoms with E-state index >= 15 is 0 Å². The van der Waals surface area contributed by atoms with Crippen LogP contribution in [-0.4, -0.2) is 61.4 Å². The predicted molar refractivity (Wildman–Crippen MR) is 102 cm³/mol. The standard InChI is InChI=1S/C20H27FN2O4S/c1-15-14-23(28(25,26)17-6-4-16(21)5-7-17)13-10-20(15)9-8-18(27-20)19(24)22-11-2-3-12-22/h4-7,15,18H,2-3,8-14H2,1H3. The molecule has 1 aromatic rings. The molecule has 6 nitrogen and oxygen atoms in total. The smallest absolute Gasteiger partial charge is 0.251 e. The van der Waals surface area contributed by atoms with Crippen LogP contribution in [0, 0.1) is 11.7 Å². The Hall–Kier alpha value is -1.51. The van der Waals surface area contributed by atoms with E-state index in [9.17, 15) is 17.6 Å². The van der Waals surface area contributed by atoms with E-state index < -0.39 is 27.5 Å². The van der Waals surface area contributed by atoms with Gasteiger partial charge in [-0.05, 0) is 62.3 Å². The second kappa shape index (κ2) is 7.39. The van der Waals surface area contributed by atoms with Crippen LogP contribution in [0.15, 0.2) is 29.2 Å². The molecular weight excluding hydrogens is 383 g/mol. The minimum atomic E-state index is -3.66. The lowest BCUT2D eigenvalue weighted by atomic mass is 9.81. The molecule has 0 aliphatic carbocycles. The molecule has 8 heteroatoms. The summed E-state index contributed by atoms with van der Waals surface area (Å²) in [5.74, 6) is -0.395. The predicted octanol–water partition coefficient (Wildman–Crippen LogP) is 2.40. The Kier molecular flexibility index (Phi) is 5.22. The number of piperidine rings is 1. The van der Waals surface area contributed by atoms with Crippen molar-refractivity contribution in [1.29, 1.82) is 0 Å². The average molecular weight is 411 g/mol. The van der Waals surface area contributed by atoms with Crippen molar-refractivity contribution in [3.8, 4) is 0 Å². The maximum atomic E-state index is 13.1. The summed E-state index contributed by atoms with van der Waals surface area (Å²) in [7, 11) is -3.66. The fourth-order valence-electron chi connectivity index (χ4n) is 4.74. The number of hydrogen-bond acceptors (Lipinski definition) is 4. The minimum Gasteiger partial charge on any atom is -0.362 e. The van der Waals surface area contributed by atoms with Crippen molar-refractivity contribution < 1.29 is 22.3 Å². The Morgan fingerprint density at radius 2 is 1.82 bits per heavy atom. The third kappa shape index (κ3) is 3.46. The van der Waals surface area contributed by atoms with E-state index in [1.807, 2.05) is 11.8 Å². The summed E-state index contributed by atoms with van der Waals surface area (Å²) >= 11 is 0. The first-order valence-electron chi connectivity index (χ1n) is 10.0. The van der Waals surface area contributed by atoms with Crippen molar-refractivity contribution in [2.75, 3.05) is 26.2 Å². The number of hydrogen-bond donors (Lipinski definition) is 0. The van der Waals surface area contributed by atoms with Crippen LogP contribution in [0.1, 0.15) is 39.0 Å². The number of ether oxygens (including phenoxy) is 1. The minimum absolute atomic E-state index is 0.0205. The third-order valence-corrected chi connectivity index (χ3v) is 8.39. The third-order valence-electron chi connectivity index (χ3n) is 6.51. The number of sulfonamides is 1. The largest absolute Gasteiger partial charge is 0.362 e. The molecule has 3 fully saturated rings. The number of carbonyl (C=O) groups is 1. The topological polar surface area (TPSA) is 66.9 Å². The van der Waals surface area contributed by atoms with Crippen LogP contribution in [-0.2, 0) is 19.6 Å². The number of amides is 1. The highest BCUT2D eigenvalue weighted by Crippen LogP contribution is 2.43. The monoisotopic (exact) mass is 410 g/mol. The molecular formula is C20H27FN2O4S. The lowest BCUT2D eigenvalue weighted by Crippen LogP contribution is -2.53. The van der Waals surface area contributed by atoms with Crippen LogP contribution in [0.4, 0.5) is 4.39 Å². The van der Waals surface area contributed by atoms with E-state index in [0.29, 0.717) is 25.9 Å². The first kappa shape index (κ1) is 19.8. The van der Waals surface area contributed by atoms with E-state index in [-0.39, 0.29) is 16.7 Å². The fraction of sp³-hybridized carbons (Fsp3) is 0.650. The molecule has 0 bridgehead atoms. The van der Waals surface area contributed by atoms with Gasteiger partial charge in [0.05, 0.1) is 10.5 Å². The van der Waals surface area contributed by atoms with E-state index in [2.05, 4.69) is 0 Å². The summed E-state index contributed by atoms with van der Waals surface area (Å²) in [4.78, 5) is 14.7. The first-order chi connectivity index (χ1) is 13.3. The molecule has 0 aromatic heterocycles. The first-order valence-corrected chi connectivity index (χ1v) is 11.5. The van der Waals surface area contributed by atoms with Crippen LogP contribution in [0.3, 0.4) is 0 Å². The molecule has 154 valence electrons. The van der Waals surface area contributed by atoms with Crippen molar-refractivity contribution in [2.45, 2.75) is 55.6 Å². The molecule has 0 N–H and O–H groups in total. The maximum Gasteiger partial charge on any atom is 0.251 e. The normalized spacial score (nSPS) is 31.6. The van der Waals surface area contributed by atoms with Crippen LogP contribution in [0.2, 0.25) is 0 Å².